The van der Waals surface area contributed by atoms with Gasteiger partial charge in [0, 0.05) is 19.2 Å². The Balaban J connectivity index is 2.98. The molecule has 1 aromatic carbocycles. The normalized spacial score (nSPS) is 10.8. The fourth-order valence-electron chi connectivity index (χ4n) is 1.20. The van der Waals surface area contributed by atoms with Gasteiger partial charge in [-0.15, -0.1) is 0 Å². The highest BCUT2D eigenvalue weighted by atomic mass is 19.2. The van der Waals surface area contributed by atoms with E-state index in [1.165, 1.54) is 0 Å². The lowest BCUT2D eigenvalue weighted by atomic mass is 10.2. The number of hydrogen-bond donors (Lipinski definition) is 2. The van der Waals surface area contributed by atoms with Crippen molar-refractivity contribution in [1.82, 2.24) is 0 Å². The van der Waals surface area contributed by atoms with Gasteiger partial charge >= 0.3 is 0 Å². The summed E-state index contributed by atoms with van der Waals surface area (Å²) in [6.45, 7) is 0.424. The number of hydrogen-bond acceptors (Lipinski definition) is 4. The Kier molecular flexibility index (Phi) is 4.53. The van der Waals surface area contributed by atoms with Crippen molar-refractivity contribution in [2.24, 2.45) is 5.73 Å². The number of nitrogens with zero attached hydrogens (tertiary/aromatic N) is 1. The molecule has 3 N–H and O–H groups in total. The Bertz CT molecular complexity index is 449. The number of rotatable bonds is 5. The molecule has 0 saturated carbocycles. The average Bonchev–Trinajstić information content (AvgIpc) is 2.29. The minimum absolute atomic E-state index is 0.123. The van der Waals surface area contributed by atoms with Crippen LogP contribution < -0.4 is 11.1 Å². The predicted molar refractivity (Wildman–Crippen MR) is 59.7 cm³/mol. The molecular formula is C10H11F2N3O2. The van der Waals surface area contributed by atoms with E-state index in [-0.39, 0.29) is 6.54 Å². The van der Waals surface area contributed by atoms with Crippen molar-refractivity contribution >= 4 is 11.4 Å². The zero-order valence-corrected chi connectivity index (χ0v) is 8.82. The van der Waals surface area contributed by atoms with Crippen LogP contribution in [-0.2, 0) is 0 Å². The SMILES string of the molecule is NC/C=C/CNc1c([N+](=O)[O-])ccc(F)c1F. The molecule has 0 aliphatic heterocycles. The second-order valence-corrected chi connectivity index (χ2v) is 3.10. The van der Waals surface area contributed by atoms with Gasteiger partial charge in [0.05, 0.1) is 4.92 Å². The summed E-state index contributed by atoms with van der Waals surface area (Å²) in [6.07, 6.45) is 3.16. The molecule has 0 fully saturated rings. The lowest BCUT2D eigenvalue weighted by molar-refractivity contribution is -0.384. The van der Waals surface area contributed by atoms with Crippen molar-refractivity contribution in [2.45, 2.75) is 0 Å². The van der Waals surface area contributed by atoms with Crippen LogP contribution in [0, 0.1) is 21.7 Å². The van der Waals surface area contributed by atoms with E-state index in [2.05, 4.69) is 5.32 Å². The van der Waals surface area contributed by atoms with Crippen LogP contribution in [0.4, 0.5) is 20.2 Å². The molecule has 7 heteroatoms. The molecule has 1 aromatic rings. The quantitative estimate of drug-likeness (QED) is 0.469. The lowest BCUT2D eigenvalue weighted by Gasteiger charge is -2.06. The molecule has 0 aliphatic carbocycles. The van der Waals surface area contributed by atoms with E-state index < -0.39 is 27.9 Å². The molecule has 5 nitrogen and oxygen atoms in total. The van der Waals surface area contributed by atoms with Crippen LogP contribution in [0.15, 0.2) is 24.3 Å². The van der Waals surface area contributed by atoms with Crippen molar-refractivity contribution in [2.75, 3.05) is 18.4 Å². The molecule has 0 bridgehead atoms. The van der Waals surface area contributed by atoms with Gasteiger partial charge in [-0.25, -0.2) is 8.78 Å². The van der Waals surface area contributed by atoms with Gasteiger partial charge in [0.15, 0.2) is 17.3 Å². The molecule has 0 aromatic heterocycles. The van der Waals surface area contributed by atoms with Crippen LogP contribution in [0.25, 0.3) is 0 Å². The first-order valence-electron chi connectivity index (χ1n) is 4.79. The molecule has 0 amide bonds. The van der Waals surface area contributed by atoms with Gasteiger partial charge in [-0.1, -0.05) is 12.2 Å². The van der Waals surface area contributed by atoms with Crippen molar-refractivity contribution in [1.29, 1.82) is 0 Å². The van der Waals surface area contributed by atoms with Crippen LogP contribution in [0.2, 0.25) is 0 Å². The molecule has 1 rings (SSSR count). The molecule has 0 spiro atoms. The van der Waals surface area contributed by atoms with Crippen LogP contribution in [0.1, 0.15) is 0 Å². The Labute approximate surface area is 96.1 Å². The molecular weight excluding hydrogens is 232 g/mol. The van der Waals surface area contributed by atoms with E-state index >= 15 is 0 Å². The highest BCUT2D eigenvalue weighted by Gasteiger charge is 2.20. The molecule has 0 radical (unpaired) electrons. The van der Waals surface area contributed by atoms with E-state index in [1.54, 1.807) is 12.2 Å². The minimum atomic E-state index is -1.26. The fourth-order valence-corrected chi connectivity index (χ4v) is 1.20. The summed E-state index contributed by atoms with van der Waals surface area (Å²) < 4.78 is 26.3. The summed E-state index contributed by atoms with van der Waals surface area (Å²) in [5.74, 6) is -2.40. The average molecular weight is 243 g/mol. The first-order chi connectivity index (χ1) is 8.07. The van der Waals surface area contributed by atoms with Crippen molar-refractivity contribution in [3.8, 4) is 0 Å². The summed E-state index contributed by atoms with van der Waals surface area (Å²) in [5.41, 5.74) is 4.21. The zero-order chi connectivity index (χ0) is 12.8. The summed E-state index contributed by atoms with van der Waals surface area (Å²) >= 11 is 0. The largest absolute Gasteiger partial charge is 0.374 e. The second kappa shape index (κ2) is 5.90. The number of anilines is 1. The molecule has 0 aliphatic rings. The Morgan fingerprint density at radius 1 is 1.41 bits per heavy atom. The number of nitrogens with two attached hydrogens (primary N) is 1. The van der Waals surface area contributed by atoms with Gasteiger partial charge in [0.25, 0.3) is 5.69 Å². The van der Waals surface area contributed by atoms with Gasteiger partial charge in [-0.3, -0.25) is 10.1 Å². The topological polar surface area (TPSA) is 81.2 Å². The van der Waals surface area contributed by atoms with Gasteiger partial charge in [0.2, 0.25) is 0 Å². The van der Waals surface area contributed by atoms with Crippen molar-refractivity contribution in [3.05, 3.63) is 46.0 Å². The third kappa shape index (κ3) is 3.22. The highest BCUT2D eigenvalue weighted by molar-refractivity contribution is 5.62. The molecule has 0 heterocycles. The van der Waals surface area contributed by atoms with Gasteiger partial charge in [-0.2, -0.15) is 0 Å². The maximum atomic E-state index is 13.3. The van der Waals surface area contributed by atoms with Crippen LogP contribution >= 0.6 is 0 Å². The number of nitro groups is 1. The number of benzene rings is 1. The number of nitro benzene ring substituents is 1. The predicted octanol–water partition coefficient (Wildman–Crippen LogP) is 1.80. The highest BCUT2D eigenvalue weighted by Crippen LogP contribution is 2.28. The number of nitrogens with one attached hydrogen (secondary N) is 1. The second-order valence-electron chi connectivity index (χ2n) is 3.10. The van der Waals surface area contributed by atoms with Gasteiger partial charge in [0.1, 0.15) is 0 Å². The van der Waals surface area contributed by atoms with E-state index in [0.29, 0.717) is 12.6 Å². The standard InChI is InChI=1S/C10H11F2N3O2/c11-7-3-4-8(15(16)17)10(9(7)12)14-6-2-1-5-13/h1-4,14H,5-6,13H2/b2-1+. The van der Waals surface area contributed by atoms with Gasteiger partial charge < -0.3 is 11.1 Å². The first-order valence-corrected chi connectivity index (χ1v) is 4.79. The van der Waals surface area contributed by atoms with E-state index in [1.807, 2.05) is 0 Å². The van der Waals surface area contributed by atoms with Gasteiger partial charge in [-0.05, 0) is 6.07 Å². The third-order valence-electron chi connectivity index (χ3n) is 1.97. The molecule has 17 heavy (non-hydrogen) atoms. The molecule has 92 valence electrons. The Hall–Kier alpha value is -2.02. The van der Waals surface area contributed by atoms with Crippen molar-refractivity contribution in [3.63, 3.8) is 0 Å². The third-order valence-corrected chi connectivity index (χ3v) is 1.97. The summed E-state index contributed by atoms with van der Waals surface area (Å²) in [5, 5.41) is 13.1. The Morgan fingerprint density at radius 3 is 2.71 bits per heavy atom. The minimum Gasteiger partial charge on any atom is -0.374 e. The summed E-state index contributed by atoms with van der Waals surface area (Å²) in [7, 11) is 0. The zero-order valence-electron chi connectivity index (χ0n) is 8.82. The Morgan fingerprint density at radius 2 is 2.12 bits per heavy atom. The summed E-state index contributed by atoms with van der Waals surface area (Å²) in [4.78, 5) is 9.83. The van der Waals surface area contributed by atoms with E-state index in [0.717, 1.165) is 6.07 Å². The maximum absolute atomic E-state index is 13.3. The van der Waals surface area contributed by atoms with E-state index in [4.69, 9.17) is 5.73 Å². The molecule has 0 atom stereocenters. The van der Waals surface area contributed by atoms with Crippen LogP contribution in [0.3, 0.4) is 0 Å². The van der Waals surface area contributed by atoms with E-state index in [9.17, 15) is 18.9 Å². The van der Waals surface area contributed by atoms with Crippen LogP contribution in [0.5, 0.6) is 0 Å². The first kappa shape index (κ1) is 13.0. The smallest absolute Gasteiger partial charge is 0.295 e. The van der Waals surface area contributed by atoms with Crippen LogP contribution in [-0.4, -0.2) is 18.0 Å². The molecule has 0 unspecified atom stereocenters. The monoisotopic (exact) mass is 243 g/mol. The fraction of sp³-hybridized carbons (Fsp3) is 0.200. The van der Waals surface area contributed by atoms with Crippen molar-refractivity contribution < 1.29 is 13.7 Å². The lowest BCUT2D eigenvalue weighted by Crippen LogP contribution is -2.06. The number of halogens is 2. The maximum Gasteiger partial charge on any atom is 0.295 e. The summed E-state index contributed by atoms with van der Waals surface area (Å²) in [6, 6.07) is 1.63. The molecule has 0 saturated heterocycles.